The Bertz CT molecular complexity index is 1340. The monoisotopic (exact) mass is 584 g/mol. The Labute approximate surface area is 246 Å². The van der Waals surface area contributed by atoms with Gasteiger partial charge in [-0.2, -0.15) is 0 Å². The lowest BCUT2D eigenvalue weighted by atomic mass is 9.90. The molecule has 1 aromatic heterocycles. The van der Waals surface area contributed by atoms with Crippen LogP contribution in [0.4, 0.5) is 14.9 Å². The molecule has 2 aromatic rings. The van der Waals surface area contributed by atoms with Crippen LogP contribution in [-0.2, 0) is 32.8 Å². The minimum atomic E-state index is -0.873. The van der Waals surface area contributed by atoms with Crippen molar-refractivity contribution in [1.29, 1.82) is 0 Å². The number of carbonyl (C=O) groups is 3. The molecule has 1 aromatic carbocycles. The molecule has 2 amide bonds. The molecule has 42 heavy (non-hydrogen) atoms. The molecule has 0 radical (unpaired) electrons. The molecule has 1 fully saturated rings. The summed E-state index contributed by atoms with van der Waals surface area (Å²) >= 11 is 0. The van der Waals surface area contributed by atoms with Gasteiger partial charge in [0.1, 0.15) is 18.0 Å². The van der Waals surface area contributed by atoms with Gasteiger partial charge in [0, 0.05) is 31.1 Å². The number of amides is 2. The molecule has 0 spiro atoms. The fraction of sp³-hybridized carbons (Fsp3) is 0.548. The van der Waals surface area contributed by atoms with Gasteiger partial charge in [0.2, 0.25) is 5.91 Å². The van der Waals surface area contributed by atoms with E-state index >= 15 is 0 Å². The van der Waals surface area contributed by atoms with Gasteiger partial charge in [-0.1, -0.05) is 26.0 Å². The highest BCUT2D eigenvalue weighted by Gasteiger charge is 2.43. The van der Waals surface area contributed by atoms with Crippen molar-refractivity contribution in [2.24, 2.45) is 0 Å². The maximum Gasteiger partial charge on any atom is 0.410 e. The van der Waals surface area contributed by atoms with E-state index in [1.54, 1.807) is 42.7 Å². The Kier molecular flexibility index (Phi) is 9.05. The maximum atomic E-state index is 13.9. The summed E-state index contributed by atoms with van der Waals surface area (Å²) in [5, 5.41) is 19.8. The summed E-state index contributed by atoms with van der Waals surface area (Å²) in [4.78, 5) is 49.1. The van der Waals surface area contributed by atoms with Crippen LogP contribution >= 0.6 is 0 Å². The number of ketones is 1. The predicted octanol–water partition coefficient (Wildman–Crippen LogP) is 2.80. The number of aliphatic hydroxyl groups is 2. The van der Waals surface area contributed by atoms with Crippen molar-refractivity contribution in [3.63, 3.8) is 0 Å². The molecule has 228 valence electrons. The molecule has 1 saturated heterocycles. The first-order valence-corrected chi connectivity index (χ1v) is 14.2. The molecule has 2 aliphatic rings. The number of nitrogens with zero attached hydrogens (tertiary/aromatic N) is 4. The largest absolute Gasteiger partial charge is 0.444 e. The third-order valence-corrected chi connectivity index (χ3v) is 7.75. The van der Waals surface area contributed by atoms with Crippen molar-refractivity contribution >= 4 is 23.5 Å². The third-order valence-electron chi connectivity index (χ3n) is 7.75. The van der Waals surface area contributed by atoms with E-state index in [1.807, 2.05) is 26.8 Å². The first-order chi connectivity index (χ1) is 19.6. The zero-order chi connectivity index (χ0) is 31.0. The molecule has 10 nitrogen and oxygen atoms in total. The maximum absolute atomic E-state index is 13.9. The zero-order valence-electron chi connectivity index (χ0n) is 25.2. The van der Waals surface area contributed by atoms with Crippen molar-refractivity contribution in [3.05, 3.63) is 58.7 Å². The van der Waals surface area contributed by atoms with Crippen LogP contribution in [0.25, 0.3) is 0 Å². The molecule has 2 aliphatic heterocycles. The van der Waals surface area contributed by atoms with Crippen LogP contribution in [-0.4, -0.2) is 93.3 Å². The van der Waals surface area contributed by atoms with Crippen LogP contribution in [0, 0.1) is 5.82 Å². The highest BCUT2D eigenvalue weighted by molar-refractivity contribution is 5.98. The van der Waals surface area contributed by atoms with E-state index in [9.17, 15) is 29.0 Å². The van der Waals surface area contributed by atoms with E-state index in [0.717, 1.165) is 11.1 Å². The Balaban J connectivity index is 1.60. The SMILES string of the molecule is C[C@@H]1CN(CC(=O)N2CC(C)(C)c3nc(CO)c(Cc4ccc(F)cc4)cc32)[C@@H](C(=O)CO)CN1C(=O)OC(C)(C)C. The minimum absolute atomic E-state index is 0.00589. The van der Waals surface area contributed by atoms with Crippen LogP contribution in [0.3, 0.4) is 0 Å². The lowest BCUT2D eigenvalue weighted by molar-refractivity contribution is -0.132. The number of carbonyl (C=O) groups excluding carboxylic acids is 3. The molecule has 0 aliphatic carbocycles. The first-order valence-electron chi connectivity index (χ1n) is 14.2. The summed E-state index contributed by atoms with van der Waals surface area (Å²) in [6.07, 6.45) is -0.151. The molecule has 0 bridgehead atoms. The fourth-order valence-corrected chi connectivity index (χ4v) is 5.64. The average Bonchev–Trinajstić information content (AvgIpc) is 3.17. The Morgan fingerprint density at radius 3 is 2.38 bits per heavy atom. The highest BCUT2D eigenvalue weighted by Crippen LogP contribution is 2.41. The van der Waals surface area contributed by atoms with Crippen LogP contribution in [0.15, 0.2) is 30.3 Å². The van der Waals surface area contributed by atoms with Gasteiger partial charge < -0.3 is 24.7 Å². The second kappa shape index (κ2) is 12.1. The average molecular weight is 585 g/mol. The number of aliphatic hydroxyl groups excluding tert-OH is 2. The van der Waals surface area contributed by atoms with Crippen molar-refractivity contribution in [1.82, 2.24) is 14.8 Å². The summed E-state index contributed by atoms with van der Waals surface area (Å²) in [6.45, 7) is 10.6. The number of aromatic nitrogens is 1. The van der Waals surface area contributed by atoms with Crippen LogP contribution in [0.2, 0.25) is 0 Å². The van der Waals surface area contributed by atoms with Gasteiger partial charge in [-0.3, -0.25) is 19.5 Å². The van der Waals surface area contributed by atoms with Crippen molar-refractivity contribution in [2.75, 3.05) is 37.7 Å². The van der Waals surface area contributed by atoms with Crippen molar-refractivity contribution in [3.8, 4) is 0 Å². The molecule has 0 unspecified atom stereocenters. The number of fused-ring (bicyclic) bond motifs is 1. The highest BCUT2D eigenvalue weighted by atomic mass is 19.1. The molecule has 4 rings (SSSR count). The van der Waals surface area contributed by atoms with Gasteiger partial charge in [-0.05, 0) is 63.4 Å². The van der Waals surface area contributed by atoms with E-state index < -0.39 is 35.5 Å². The number of benzene rings is 1. The lowest BCUT2D eigenvalue weighted by Crippen LogP contribution is -2.63. The Hall–Kier alpha value is -3.41. The molecule has 11 heteroatoms. The molecule has 2 N–H and O–H groups in total. The predicted molar refractivity (Wildman–Crippen MR) is 155 cm³/mol. The molecular formula is C31H41FN4O6. The van der Waals surface area contributed by atoms with E-state index in [2.05, 4.69) is 0 Å². The van der Waals surface area contributed by atoms with Gasteiger partial charge in [0.25, 0.3) is 0 Å². The number of pyridine rings is 1. The normalized spacial score (nSPS) is 20.4. The minimum Gasteiger partial charge on any atom is -0.444 e. The summed E-state index contributed by atoms with van der Waals surface area (Å²) in [5.41, 5.74) is 2.18. The summed E-state index contributed by atoms with van der Waals surface area (Å²) in [7, 11) is 0. The fourth-order valence-electron chi connectivity index (χ4n) is 5.64. The number of rotatable bonds is 7. The second-order valence-corrected chi connectivity index (χ2v) is 12.8. The van der Waals surface area contributed by atoms with Crippen LogP contribution in [0.1, 0.15) is 64.1 Å². The summed E-state index contributed by atoms with van der Waals surface area (Å²) < 4.78 is 19.0. The zero-order valence-corrected chi connectivity index (χ0v) is 25.2. The standard InChI is InChI=1S/C31H41FN4O6/c1-19-13-34(25(26(39)17-38)14-35(19)29(41)42-30(2,3)4)15-27(40)36-18-31(5,6)28-24(36)12-21(23(16-37)33-28)11-20-7-9-22(32)10-8-20/h7-10,12,19,25,37-38H,11,13-18H2,1-6H3/t19-,25-/m1/s1. The smallest absolute Gasteiger partial charge is 0.410 e. The number of Topliss-reactive ketones (excluding diaryl/α,β-unsaturated/α-hetero) is 1. The summed E-state index contributed by atoms with van der Waals surface area (Å²) in [5.74, 6) is -1.08. The summed E-state index contributed by atoms with van der Waals surface area (Å²) in [6, 6.07) is 6.75. The quantitative estimate of drug-likeness (QED) is 0.510. The van der Waals surface area contributed by atoms with Crippen molar-refractivity contribution in [2.45, 2.75) is 77.7 Å². The molecule has 0 saturated carbocycles. The topological polar surface area (TPSA) is 124 Å². The van der Waals surface area contributed by atoms with E-state index in [4.69, 9.17) is 9.72 Å². The number of ether oxygens (including phenoxy) is 1. The Morgan fingerprint density at radius 2 is 1.79 bits per heavy atom. The van der Waals surface area contributed by atoms with Crippen LogP contribution in [0.5, 0.6) is 0 Å². The first kappa shape index (κ1) is 31.5. The second-order valence-electron chi connectivity index (χ2n) is 12.8. The van der Waals surface area contributed by atoms with Gasteiger partial charge in [0.05, 0.1) is 36.3 Å². The third kappa shape index (κ3) is 6.79. The number of piperazine rings is 1. The number of anilines is 1. The van der Waals surface area contributed by atoms with Crippen LogP contribution < -0.4 is 4.90 Å². The number of hydrogen-bond acceptors (Lipinski definition) is 8. The van der Waals surface area contributed by atoms with Gasteiger partial charge >= 0.3 is 6.09 Å². The molecule has 2 atom stereocenters. The lowest BCUT2D eigenvalue weighted by Gasteiger charge is -2.44. The van der Waals surface area contributed by atoms with Gasteiger partial charge in [-0.15, -0.1) is 0 Å². The molecular weight excluding hydrogens is 543 g/mol. The van der Waals surface area contributed by atoms with Crippen molar-refractivity contribution < 1.29 is 33.7 Å². The Morgan fingerprint density at radius 1 is 1.12 bits per heavy atom. The van der Waals surface area contributed by atoms with E-state index in [-0.39, 0.29) is 44.0 Å². The number of halogens is 1. The van der Waals surface area contributed by atoms with Gasteiger partial charge in [0.15, 0.2) is 5.78 Å². The molecule has 3 heterocycles. The van der Waals surface area contributed by atoms with Gasteiger partial charge in [-0.25, -0.2) is 9.18 Å². The van der Waals surface area contributed by atoms with E-state index in [0.29, 0.717) is 30.0 Å². The number of hydrogen-bond donors (Lipinski definition) is 2. The van der Waals surface area contributed by atoms with E-state index in [1.165, 1.54) is 17.0 Å².